The Morgan fingerprint density at radius 2 is 2.10 bits per heavy atom. The summed E-state index contributed by atoms with van der Waals surface area (Å²) in [6.45, 7) is 0.712. The average molecular weight is 402 g/mol. The van der Waals surface area contributed by atoms with Crippen molar-refractivity contribution in [1.82, 2.24) is 5.32 Å². The fraction of sp³-hybridized carbons (Fsp3) is 0.500. The highest BCUT2D eigenvalue weighted by molar-refractivity contribution is 6.03. The van der Waals surface area contributed by atoms with E-state index in [2.05, 4.69) is 5.32 Å². The first-order chi connectivity index (χ1) is 14.1. The molecule has 4 atom stereocenters. The smallest absolute Gasteiger partial charge is 0.234 e. The Labute approximate surface area is 167 Å². The highest BCUT2D eigenvalue weighted by Crippen LogP contribution is 2.53. The average Bonchev–Trinajstić information content (AvgIpc) is 3.48. The zero-order valence-electron chi connectivity index (χ0n) is 16.1. The van der Waals surface area contributed by atoms with Crippen LogP contribution in [0.4, 0.5) is 5.69 Å². The van der Waals surface area contributed by atoms with Crippen molar-refractivity contribution in [1.29, 1.82) is 0 Å². The summed E-state index contributed by atoms with van der Waals surface area (Å²) in [7, 11) is 3.00. The number of methoxy groups -OCH3 is 2. The van der Waals surface area contributed by atoms with E-state index in [0.717, 1.165) is 0 Å². The Bertz CT molecular complexity index is 884. The van der Waals surface area contributed by atoms with Crippen molar-refractivity contribution in [2.24, 2.45) is 11.8 Å². The molecule has 29 heavy (non-hydrogen) atoms. The Hall–Kier alpha value is -2.62. The van der Waals surface area contributed by atoms with E-state index >= 15 is 0 Å². The van der Waals surface area contributed by atoms with Gasteiger partial charge in [-0.25, -0.2) is 0 Å². The Morgan fingerprint density at radius 1 is 1.31 bits per heavy atom. The van der Waals surface area contributed by atoms with Crippen LogP contribution in [0.1, 0.15) is 0 Å². The number of hydrogen-bond acceptors (Lipinski definition) is 7. The standard InChI is InChI=1S/C20H22N2O7/c1-25-15(26-2)8-21-18(23)16-13-5-6-20(29-13)9-22(19(24)17(16)20)11-3-4-12-14(7-11)28-10-27-12/h3-7,13,15-17H,8-10H2,1-2H3,(H,21,23)/t13-,16+,17-,20-/m1/s1. The highest BCUT2D eigenvalue weighted by atomic mass is 16.7. The molecule has 9 nitrogen and oxygen atoms in total. The maximum absolute atomic E-state index is 13.3. The second kappa shape index (κ2) is 6.72. The van der Waals surface area contributed by atoms with Gasteiger partial charge < -0.3 is 33.9 Å². The van der Waals surface area contributed by atoms with Gasteiger partial charge in [0.2, 0.25) is 18.6 Å². The van der Waals surface area contributed by atoms with E-state index in [1.165, 1.54) is 14.2 Å². The third kappa shape index (κ3) is 2.72. The van der Waals surface area contributed by atoms with Crippen LogP contribution in [0.2, 0.25) is 0 Å². The van der Waals surface area contributed by atoms with E-state index in [1.807, 2.05) is 18.2 Å². The fourth-order valence-corrected chi connectivity index (χ4v) is 4.63. The molecule has 1 aromatic carbocycles. The van der Waals surface area contributed by atoms with E-state index in [9.17, 15) is 9.59 Å². The molecule has 0 aromatic heterocycles. The second-order valence-corrected chi connectivity index (χ2v) is 7.51. The number of nitrogens with zero attached hydrogens (tertiary/aromatic N) is 1. The molecule has 4 aliphatic heterocycles. The van der Waals surface area contributed by atoms with Crippen LogP contribution >= 0.6 is 0 Å². The number of fused-ring (bicyclic) bond motifs is 2. The topological polar surface area (TPSA) is 95.6 Å². The molecule has 0 unspecified atom stereocenters. The summed E-state index contributed by atoms with van der Waals surface area (Å²) in [6, 6.07) is 5.38. The number of carbonyl (C=O) groups is 2. The van der Waals surface area contributed by atoms with E-state index < -0.39 is 29.8 Å². The summed E-state index contributed by atoms with van der Waals surface area (Å²) in [5.41, 5.74) is -0.0938. The van der Waals surface area contributed by atoms with Crippen molar-refractivity contribution >= 4 is 17.5 Å². The van der Waals surface area contributed by atoms with Crippen molar-refractivity contribution in [3.63, 3.8) is 0 Å². The third-order valence-corrected chi connectivity index (χ3v) is 6.04. The lowest BCUT2D eigenvalue weighted by Gasteiger charge is -2.24. The zero-order valence-corrected chi connectivity index (χ0v) is 16.1. The maximum Gasteiger partial charge on any atom is 0.234 e. The molecule has 1 spiro atoms. The summed E-state index contributed by atoms with van der Waals surface area (Å²) in [5, 5.41) is 2.82. The molecule has 2 fully saturated rings. The van der Waals surface area contributed by atoms with E-state index in [-0.39, 0.29) is 25.2 Å². The molecule has 154 valence electrons. The minimum Gasteiger partial charge on any atom is -0.454 e. The number of benzene rings is 1. The van der Waals surface area contributed by atoms with Crippen LogP contribution < -0.4 is 19.7 Å². The number of ether oxygens (including phenoxy) is 5. The molecule has 5 rings (SSSR count). The van der Waals surface area contributed by atoms with Crippen LogP contribution in [0.15, 0.2) is 30.4 Å². The zero-order chi connectivity index (χ0) is 20.2. The van der Waals surface area contributed by atoms with Gasteiger partial charge in [0.25, 0.3) is 0 Å². The molecule has 4 aliphatic rings. The Kier molecular flexibility index (Phi) is 4.27. The third-order valence-electron chi connectivity index (χ3n) is 6.04. The molecule has 0 aliphatic carbocycles. The lowest BCUT2D eigenvalue weighted by atomic mass is 9.77. The molecule has 1 N–H and O–H groups in total. The lowest BCUT2D eigenvalue weighted by molar-refractivity contribution is -0.135. The van der Waals surface area contributed by atoms with Gasteiger partial charge >= 0.3 is 0 Å². The van der Waals surface area contributed by atoms with Crippen LogP contribution in [0.5, 0.6) is 11.5 Å². The first kappa shape index (κ1) is 18.4. The van der Waals surface area contributed by atoms with Crippen molar-refractivity contribution in [2.45, 2.75) is 18.0 Å². The molecule has 2 bridgehead atoms. The van der Waals surface area contributed by atoms with Crippen molar-refractivity contribution < 1.29 is 33.3 Å². The minimum absolute atomic E-state index is 0.133. The fourth-order valence-electron chi connectivity index (χ4n) is 4.63. The van der Waals surface area contributed by atoms with E-state index in [1.54, 1.807) is 17.0 Å². The highest BCUT2D eigenvalue weighted by Gasteiger charge is 2.67. The Morgan fingerprint density at radius 3 is 2.90 bits per heavy atom. The molecule has 1 aromatic rings. The monoisotopic (exact) mass is 402 g/mol. The van der Waals surface area contributed by atoms with Crippen LogP contribution in [-0.2, 0) is 23.8 Å². The number of hydrogen-bond donors (Lipinski definition) is 1. The van der Waals surface area contributed by atoms with Crippen molar-refractivity contribution in [3.05, 3.63) is 30.4 Å². The first-order valence-corrected chi connectivity index (χ1v) is 9.48. The summed E-state index contributed by atoms with van der Waals surface area (Å²) in [5.74, 6) is -0.298. The largest absolute Gasteiger partial charge is 0.454 e. The van der Waals surface area contributed by atoms with E-state index in [0.29, 0.717) is 23.7 Å². The molecule has 2 amide bonds. The molecule has 0 saturated carbocycles. The summed E-state index contributed by atoms with van der Waals surface area (Å²) < 4.78 is 27.1. The normalized spacial score (nSPS) is 31.1. The van der Waals surface area contributed by atoms with Crippen LogP contribution in [-0.4, -0.2) is 63.9 Å². The van der Waals surface area contributed by atoms with Crippen molar-refractivity contribution in [2.75, 3.05) is 39.0 Å². The van der Waals surface area contributed by atoms with Crippen LogP contribution in [0.25, 0.3) is 0 Å². The van der Waals surface area contributed by atoms with Gasteiger partial charge in [-0.05, 0) is 12.1 Å². The van der Waals surface area contributed by atoms with Gasteiger partial charge in [-0.1, -0.05) is 12.2 Å². The number of nitrogens with one attached hydrogen (secondary N) is 1. The first-order valence-electron chi connectivity index (χ1n) is 9.48. The van der Waals surface area contributed by atoms with Gasteiger partial charge in [-0.3, -0.25) is 9.59 Å². The van der Waals surface area contributed by atoms with Gasteiger partial charge in [0, 0.05) is 26.0 Å². The molecular weight excluding hydrogens is 380 g/mol. The number of amides is 2. The van der Waals surface area contributed by atoms with Gasteiger partial charge in [-0.2, -0.15) is 0 Å². The van der Waals surface area contributed by atoms with Crippen LogP contribution in [0, 0.1) is 11.8 Å². The minimum atomic E-state index is -0.790. The van der Waals surface area contributed by atoms with Gasteiger partial charge in [0.1, 0.15) is 5.60 Å². The van der Waals surface area contributed by atoms with Crippen LogP contribution in [0.3, 0.4) is 0 Å². The van der Waals surface area contributed by atoms with Gasteiger partial charge in [0.05, 0.1) is 31.0 Å². The Balaban J connectivity index is 1.38. The molecule has 4 heterocycles. The molecule has 2 saturated heterocycles. The molecule has 0 radical (unpaired) electrons. The summed E-state index contributed by atoms with van der Waals surface area (Å²) in [4.78, 5) is 27.9. The summed E-state index contributed by atoms with van der Waals surface area (Å²) >= 11 is 0. The second-order valence-electron chi connectivity index (χ2n) is 7.51. The van der Waals surface area contributed by atoms with Crippen molar-refractivity contribution in [3.8, 4) is 11.5 Å². The maximum atomic E-state index is 13.3. The van der Waals surface area contributed by atoms with Gasteiger partial charge in [-0.15, -0.1) is 0 Å². The molecule has 9 heteroatoms. The number of carbonyl (C=O) groups excluding carboxylic acids is 2. The SMILES string of the molecule is COC(CNC(=O)[C@H]1[C@H]2C=C[C@]3(CN(c4ccc5c(c4)OCO5)C(=O)[C@@H]13)O2)OC. The molecular formula is C20H22N2O7. The van der Waals surface area contributed by atoms with E-state index in [4.69, 9.17) is 23.7 Å². The lowest BCUT2D eigenvalue weighted by Crippen LogP contribution is -2.46. The number of anilines is 1. The number of rotatable bonds is 6. The predicted octanol–water partition coefficient (Wildman–Crippen LogP) is 0.437. The summed E-state index contributed by atoms with van der Waals surface area (Å²) in [6.07, 6.45) is 2.84. The predicted molar refractivity (Wildman–Crippen MR) is 99.5 cm³/mol. The van der Waals surface area contributed by atoms with Gasteiger partial charge in [0.15, 0.2) is 17.8 Å². The quantitative estimate of drug-likeness (QED) is 0.545.